The van der Waals surface area contributed by atoms with Gasteiger partial charge in [0.1, 0.15) is 5.75 Å². The first-order valence-corrected chi connectivity index (χ1v) is 6.65. The minimum Gasteiger partial charge on any atom is -0.455 e. The second kappa shape index (κ2) is 5.06. The first kappa shape index (κ1) is 12.8. The average molecular weight is 289 g/mol. The Bertz CT molecular complexity index is 686. The summed E-state index contributed by atoms with van der Waals surface area (Å²) in [6.45, 7) is 0. The molecule has 1 amide bonds. The van der Waals surface area contributed by atoms with Crippen LogP contribution in [0.25, 0.3) is 0 Å². The van der Waals surface area contributed by atoms with E-state index in [2.05, 4.69) is 5.32 Å². The molecule has 0 saturated carbocycles. The van der Waals surface area contributed by atoms with Crippen molar-refractivity contribution in [2.45, 2.75) is 12.8 Å². The number of carbonyl (C=O) groups excluding carboxylic acids is 1. The molecule has 3 N–H and O–H groups in total. The number of aryl methyl sites for hydroxylation is 1. The molecule has 4 nitrogen and oxygen atoms in total. The van der Waals surface area contributed by atoms with Crippen molar-refractivity contribution in [3.05, 3.63) is 47.0 Å². The molecule has 0 bridgehead atoms. The number of rotatable bonds is 2. The van der Waals surface area contributed by atoms with E-state index in [1.54, 1.807) is 30.3 Å². The van der Waals surface area contributed by atoms with E-state index in [-0.39, 0.29) is 5.91 Å². The number of fused-ring (bicyclic) bond motifs is 1. The molecular weight excluding hydrogens is 276 g/mol. The molecule has 1 aliphatic heterocycles. The van der Waals surface area contributed by atoms with Crippen molar-refractivity contribution in [2.75, 3.05) is 11.1 Å². The second-order valence-electron chi connectivity index (χ2n) is 4.65. The van der Waals surface area contributed by atoms with Crippen molar-refractivity contribution in [1.29, 1.82) is 0 Å². The molecule has 0 aromatic heterocycles. The van der Waals surface area contributed by atoms with Crippen molar-refractivity contribution in [2.24, 2.45) is 0 Å². The molecule has 1 aliphatic rings. The third-order valence-corrected chi connectivity index (χ3v) is 3.39. The highest BCUT2D eigenvalue weighted by Crippen LogP contribution is 2.35. The third-order valence-electron chi connectivity index (χ3n) is 3.16. The van der Waals surface area contributed by atoms with Gasteiger partial charge in [0, 0.05) is 23.2 Å². The molecule has 0 atom stereocenters. The van der Waals surface area contributed by atoms with Gasteiger partial charge in [-0.05, 0) is 36.2 Å². The minimum atomic E-state index is 0.0102. The number of nitrogens with two attached hydrogens (primary N) is 1. The number of amides is 1. The van der Waals surface area contributed by atoms with Crippen LogP contribution in [0.15, 0.2) is 36.4 Å². The molecule has 0 radical (unpaired) electrons. The van der Waals surface area contributed by atoms with Gasteiger partial charge >= 0.3 is 0 Å². The lowest BCUT2D eigenvalue weighted by Gasteiger charge is -2.19. The van der Waals surface area contributed by atoms with Crippen LogP contribution in [0.3, 0.4) is 0 Å². The van der Waals surface area contributed by atoms with Gasteiger partial charge in [-0.2, -0.15) is 0 Å². The van der Waals surface area contributed by atoms with Crippen LogP contribution in [0.4, 0.5) is 11.4 Å². The topological polar surface area (TPSA) is 64.3 Å². The number of hydrogen-bond donors (Lipinski definition) is 2. The highest BCUT2D eigenvalue weighted by Gasteiger charge is 2.17. The Labute approximate surface area is 121 Å². The maximum absolute atomic E-state index is 11.4. The van der Waals surface area contributed by atoms with E-state index in [1.165, 1.54) is 0 Å². The second-order valence-corrected chi connectivity index (χ2v) is 5.09. The van der Waals surface area contributed by atoms with E-state index >= 15 is 0 Å². The van der Waals surface area contributed by atoms with Crippen LogP contribution in [0.2, 0.25) is 5.02 Å². The molecule has 2 aromatic carbocycles. The Morgan fingerprint density at radius 1 is 1.20 bits per heavy atom. The van der Waals surface area contributed by atoms with Gasteiger partial charge in [-0.1, -0.05) is 17.7 Å². The van der Waals surface area contributed by atoms with Crippen LogP contribution < -0.4 is 15.8 Å². The number of anilines is 2. The zero-order chi connectivity index (χ0) is 14.1. The van der Waals surface area contributed by atoms with Crippen LogP contribution in [-0.4, -0.2) is 5.91 Å². The summed E-state index contributed by atoms with van der Waals surface area (Å²) < 4.78 is 5.73. The summed E-state index contributed by atoms with van der Waals surface area (Å²) in [6, 6.07) is 10.7. The van der Waals surface area contributed by atoms with E-state index in [9.17, 15) is 4.79 Å². The molecule has 20 heavy (non-hydrogen) atoms. The van der Waals surface area contributed by atoms with Crippen molar-refractivity contribution >= 4 is 28.9 Å². The largest absolute Gasteiger partial charge is 0.455 e. The number of halogens is 1. The van der Waals surface area contributed by atoms with Gasteiger partial charge in [0.15, 0.2) is 5.75 Å². The number of carbonyl (C=O) groups is 1. The molecule has 3 rings (SSSR count). The number of hydrogen-bond acceptors (Lipinski definition) is 3. The molecule has 0 spiro atoms. The first-order chi connectivity index (χ1) is 9.61. The van der Waals surface area contributed by atoms with Crippen LogP contribution in [0.1, 0.15) is 12.0 Å². The smallest absolute Gasteiger partial charge is 0.224 e. The summed E-state index contributed by atoms with van der Waals surface area (Å²) in [5.41, 5.74) is 8.32. The fourth-order valence-electron chi connectivity index (χ4n) is 2.17. The summed E-state index contributed by atoms with van der Waals surface area (Å²) >= 11 is 5.92. The Hall–Kier alpha value is -2.20. The van der Waals surface area contributed by atoms with Gasteiger partial charge in [-0.25, -0.2) is 0 Å². The van der Waals surface area contributed by atoms with Crippen LogP contribution in [0, 0.1) is 0 Å². The Morgan fingerprint density at radius 2 is 2.05 bits per heavy atom. The number of ether oxygens (including phenoxy) is 1. The summed E-state index contributed by atoms with van der Waals surface area (Å²) in [7, 11) is 0. The summed E-state index contributed by atoms with van der Waals surface area (Å²) in [4.78, 5) is 11.4. The number of nitrogens with one attached hydrogen (secondary N) is 1. The van der Waals surface area contributed by atoms with Gasteiger partial charge in [0.25, 0.3) is 0 Å². The minimum absolute atomic E-state index is 0.0102. The van der Waals surface area contributed by atoms with Crippen molar-refractivity contribution < 1.29 is 9.53 Å². The van der Waals surface area contributed by atoms with Gasteiger partial charge in [0.2, 0.25) is 5.91 Å². The van der Waals surface area contributed by atoms with Gasteiger partial charge in [0.05, 0.1) is 5.69 Å². The van der Waals surface area contributed by atoms with Crippen LogP contribution in [-0.2, 0) is 11.2 Å². The van der Waals surface area contributed by atoms with Crippen molar-refractivity contribution in [1.82, 2.24) is 0 Å². The van der Waals surface area contributed by atoms with Crippen molar-refractivity contribution in [3.63, 3.8) is 0 Å². The van der Waals surface area contributed by atoms with E-state index in [0.29, 0.717) is 35.1 Å². The number of benzene rings is 2. The molecule has 0 aliphatic carbocycles. The summed E-state index contributed by atoms with van der Waals surface area (Å²) in [6.07, 6.45) is 1.18. The predicted molar refractivity (Wildman–Crippen MR) is 79.3 cm³/mol. The molecule has 0 unspecified atom stereocenters. The zero-order valence-electron chi connectivity index (χ0n) is 10.7. The maximum Gasteiger partial charge on any atom is 0.224 e. The van der Waals surface area contributed by atoms with E-state index < -0.39 is 0 Å². The molecule has 1 heterocycles. The van der Waals surface area contributed by atoms with Gasteiger partial charge in [-0.3, -0.25) is 4.79 Å². The van der Waals surface area contributed by atoms with Gasteiger partial charge < -0.3 is 15.8 Å². The fraction of sp³-hybridized carbons (Fsp3) is 0.133. The summed E-state index contributed by atoms with van der Waals surface area (Å²) in [5.74, 6) is 1.12. The maximum atomic E-state index is 11.4. The zero-order valence-corrected chi connectivity index (χ0v) is 11.4. The van der Waals surface area contributed by atoms with Gasteiger partial charge in [-0.15, -0.1) is 0 Å². The Morgan fingerprint density at radius 3 is 2.85 bits per heavy atom. The normalized spacial score (nSPS) is 13.6. The van der Waals surface area contributed by atoms with Crippen LogP contribution >= 0.6 is 11.6 Å². The van der Waals surface area contributed by atoms with E-state index in [1.807, 2.05) is 6.07 Å². The molecule has 2 aromatic rings. The molecular formula is C15H13ClN2O2. The standard InChI is InChI=1S/C15H13ClN2O2/c16-10-2-1-3-11(7-10)20-14-8-13-9(6-12(14)17)4-5-15(19)18-13/h1-3,6-8H,4-5,17H2,(H,18,19). The lowest BCUT2D eigenvalue weighted by molar-refractivity contribution is -0.116. The predicted octanol–water partition coefficient (Wildman–Crippen LogP) is 3.60. The molecule has 0 fully saturated rings. The van der Waals surface area contributed by atoms with Crippen molar-refractivity contribution in [3.8, 4) is 11.5 Å². The monoisotopic (exact) mass is 288 g/mol. The van der Waals surface area contributed by atoms with E-state index in [0.717, 1.165) is 11.3 Å². The average Bonchev–Trinajstić information content (AvgIpc) is 2.40. The highest BCUT2D eigenvalue weighted by molar-refractivity contribution is 6.30. The van der Waals surface area contributed by atoms with Crippen LogP contribution in [0.5, 0.6) is 11.5 Å². The highest BCUT2D eigenvalue weighted by atomic mass is 35.5. The lowest BCUT2D eigenvalue weighted by Crippen LogP contribution is -2.19. The SMILES string of the molecule is Nc1cc2c(cc1Oc1cccc(Cl)c1)NC(=O)CC2. The Balaban J connectivity index is 1.94. The summed E-state index contributed by atoms with van der Waals surface area (Å²) in [5, 5.41) is 3.41. The number of nitrogen functional groups attached to an aromatic ring is 1. The fourth-order valence-corrected chi connectivity index (χ4v) is 2.35. The molecule has 5 heteroatoms. The molecule has 0 saturated heterocycles. The Kier molecular flexibility index (Phi) is 3.24. The quantitative estimate of drug-likeness (QED) is 0.830. The molecule has 102 valence electrons. The lowest BCUT2D eigenvalue weighted by atomic mass is 10.0. The first-order valence-electron chi connectivity index (χ1n) is 6.27. The van der Waals surface area contributed by atoms with E-state index in [4.69, 9.17) is 22.1 Å². The third kappa shape index (κ3) is 2.56.